The molecule has 0 amide bonds. The Hall–Kier alpha value is -0.630. The van der Waals surface area contributed by atoms with Gasteiger partial charge in [-0.25, -0.2) is 0 Å². The largest absolute Gasteiger partial charge is 0.289 e. The van der Waals surface area contributed by atoms with Crippen molar-refractivity contribution in [2.24, 2.45) is 0 Å². The Morgan fingerprint density at radius 1 is 1.27 bits per heavy atom. The molecule has 11 heavy (non-hydrogen) atoms. The van der Waals surface area contributed by atoms with E-state index < -0.39 is 0 Å². The molecule has 2 heteroatoms. The molecule has 0 aromatic rings. The van der Waals surface area contributed by atoms with E-state index in [2.05, 4.69) is 12.5 Å². The molecule has 0 unspecified atom stereocenters. The Morgan fingerprint density at radius 3 is 2.36 bits per heavy atom. The number of hydrogen-bond donors (Lipinski definition) is 0. The van der Waals surface area contributed by atoms with Crippen molar-refractivity contribution >= 4 is 21.1 Å². The molecule has 0 saturated heterocycles. The monoisotopic (exact) mass is 168 g/mol. The lowest BCUT2D eigenvalue weighted by Crippen LogP contribution is -2.11. The summed E-state index contributed by atoms with van der Waals surface area (Å²) in [6.07, 6.45) is 9.62. The molecule has 0 heterocycles. The summed E-state index contributed by atoms with van der Waals surface area (Å²) in [6, 6.07) is 0. The van der Waals surface area contributed by atoms with Crippen LogP contribution >= 0.6 is 10.5 Å². The maximum atomic E-state index is 11.2. The van der Waals surface area contributed by atoms with Gasteiger partial charge in [0.05, 0.1) is 0 Å². The highest BCUT2D eigenvalue weighted by atomic mass is 32.2. The molecular weight excluding hydrogens is 156 g/mol. The van der Waals surface area contributed by atoms with Crippen LogP contribution in [0.3, 0.4) is 0 Å². The van der Waals surface area contributed by atoms with Gasteiger partial charge in [-0.15, -0.1) is 0 Å². The molecule has 0 radical (unpaired) electrons. The molecule has 1 rings (SSSR count). The van der Waals surface area contributed by atoms with E-state index in [4.69, 9.17) is 0 Å². The lowest BCUT2D eigenvalue weighted by Gasteiger charge is -2.06. The van der Waals surface area contributed by atoms with Gasteiger partial charge in [0.25, 0.3) is 0 Å². The average molecular weight is 168 g/mol. The molecule has 0 aromatic heterocycles. The predicted molar refractivity (Wildman–Crippen MR) is 52.4 cm³/mol. The first-order valence-corrected chi connectivity index (χ1v) is 5.50. The smallest absolute Gasteiger partial charge is 0.191 e. The highest BCUT2D eigenvalue weighted by Crippen LogP contribution is 2.12. The third-order valence-corrected chi connectivity index (χ3v) is 2.74. The molecule has 1 aliphatic rings. The van der Waals surface area contributed by atoms with Gasteiger partial charge in [-0.1, -0.05) is 6.08 Å². The standard InChI is InChI=1S/C9H12OS/c1-7-4-5-8(10)9(6-7)11(2)3/h4-6H,1-3H3. The Bertz CT molecular complexity index is 278. The molecule has 60 valence electrons. The van der Waals surface area contributed by atoms with Crippen molar-refractivity contribution in [3.05, 3.63) is 23.8 Å². The van der Waals surface area contributed by atoms with Gasteiger partial charge in [-0.2, -0.15) is 10.5 Å². The first-order valence-electron chi connectivity index (χ1n) is 3.46. The summed E-state index contributed by atoms with van der Waals surface area (Å²) in [5.74, 6) is 0.170. The van der Waals surface area contributed by atoms with Crippen molar-refractivity contribution < 1.29 is 4.79 Å². The average Bonchev–Trinajstić information content (AvgIpc) is 1.94. The molecule has 0 N–H and O–H groups in total. The van der Waals surface area contributed by atoms with Crippen LogP contribution in [-0.4, -0.2) is 23.2 Å². The van der Waals surface area contributed by atoms with Crippen LogP contribution in [0.2, 0.25) is 0 Å². The fourth-order valence-corrected chi connectivity index (χ4v) is 1.83. The van der Waals surface area contributed by atoms with Crippen LogP contribution < -0.4 is 0 Å². The van der Waals surface area contributed by atoms with Gasteiger partial charge >= 0.3 is 0 Å². The second kappa shape index (κ2) is 3.18. The molecule has 1 aliphatic carbocycles. The predicted octanol–water partition coefficient (Wildman–Crippen LogP) is 1.77. The van der Waals surface area contributed by atoms with Gasteiger partial charge in [-0.3, -0.25) is 4.79 Å². The topological polar surface area (TPSA) is 17.1 Å². The van der Waals surface area contributed by atoms with E-state index in [1.165, 1.54) is 5.57 Å². The van der Waals surface area contributed by atoms with E-state index in [-0.39, 0.29) is 16.3 Å². The van der Waals surface area contributed by atoms with Gasteiger partial charge in [0.2, 0.25) is 0 Å². The summed E-state index contributed by atoms with van der Waals surface area (Å²) in [5, 5.41) is 0. The molecule has 0 aliphatic heterocycles. The number of hydrogen-bond acceptors (Lipinski definition) is 1. The van der Waals surface area contributed by atoms with Crippen LogP contribution in [0.25, 0.3) is 0 Å². The minimum absolute atomic E-state index is 0.0867. The maximum Gasteiger partial charge on any atom is 0.191 e. The lowest BCUT2D eigenvalue weighted by molar-refractivity contribution is -0.108. The van der Waals surface area contributed by atoms with E-state index in [0.717, 1.165) is 4.86 Å². The zero-order chi connectivity index (χ0) is 8.43. The zero-order valence-electron chi connectivity index (χ0n) is 7.05. The Kier molecular flexibility index (Phi) is 2.45. The van der Waals surface area contributed by atoms with E-state index in [1.54, 1.807) is 6.08 Å². The summed E-state index contributed by atoms with van der Waals surface area (Å²) < 4.78 is 0. The Morgan fingerprint density at radius 2 is 1.91 bits per heavy atom. The summed E-state index contributed by atoms with van der Waals surface area (Å²) in [5.41, 5.74) is 1.17. The first kappa shape index (κ1) is 8.47. The molecule has 0 saturated carbocycles. The fraction of sp³-hybridized carbons (Fsp3) is 0.333. The lowest BCUT2D eigenvalue weighted by atomic mass is 10.1. The molecule has 0 fully saturated rings. The Labute approximate surface area is 69.7 Å². The van der Waals surface area contributed by atoms with Gasteiger partial charge in [0.15, 0.2) is 5.78 Å². The van der Waals surface area contributed by atoms with Crippen LogP contribution in [0.1, 0.15) is 6.92 Å². The highest BCUT2D eigenvalue weighted by molar-refractivity contribution is 8.16. The van der Waals surface area contributed by atoms with Crippen LogP contribution in [0.4, 0.5) is 0 Å². The number of rotatable bonds is 0. The normalized spacial score (nSPS) is 17.6. The van der Waals surface area contributed by atoms with Crippen molar-refractivity contribution in [3.63, 3.8) is 0 Å². The zero-order valence-corrected chi connectivity index (χ0v) is 7.87. The summed E-state index contributed by atoms with van der Waals surface area (Å²) in [4.78, 5) is 12.2. The number of carbonyl (C=O) groups excluding carboxylic acids is 1. The van der Waals surface area contributed by atoms with E-state index in [1.807, 2.05) is 19.1 Å². The highest BCUT2D eigenvalue weighted by Gasteiger charge is 2.08. The number of allylic oxidation sites excluding steroid dienone is 4. The van der Waals surface area contributed by atoms with Crippen LogP contribution in [0.5, 0.6) is 0 Å². The fourth-order valence-electron chi connectivity index (χ4n) is 0.934. The number of carbonyl (C=O) groups is 1. The summed E-state index contributed by atoms with van der Waals surface area (Å²) >= 11 is 0. The van der Waals surface area contributed by atoms with E-state index in [0.29, 0.717) is 0 Å². The second-order valence-corrected chi connectivity index (χ2v) is 4.84. The molecule has 0 bridgehead atoms. The maximum absolute atomic E-state index is 11.2. The van der Waals surface area contributed by atoms with Crippen LogP contribution in [-0.2, 0) is 4.79 Å². The molecule has 0 spiro atoms. The second-order valence-electron chi connectivity index (χ2n) is 2.77. The summed E-state index contributed by atoms with van der Waals surface area (Å²) in [7, 11) is 0.0867. The molecule has 1 nitrogen and oxygen atoms in total. The van der Waals surface area contributed by atoms with Gasteiger partial charge in [0.1, 0.15) is 0 Å². The van der Waals surface area contributed by atoms with E-state index >= 15 is 0 Å². The van der Waals surface area contributed by atoms with Crippen molar-refractivity contribution in [3.8, 4) is 0 Å². The third kappa shape index (κ3) is 1.90. The van der Waals surface area contributed by atoms with Gasteiger partial charge in [0, 0.05) is 4.86 Å². The van der Waals surface area contributed by atoms with Crippen LogP contribution in [0.15, 0.2) is 23.8 Å². The molecule has 0 atom stereocenters. The number of ketones is 1. The SMILES string of the molecule is CC1=CC(=S(C)C)C(=O)C=C1. The van der Waals surface area contributed by atoms with Crippen molar-refractivity contribution in [1.82, 2.24) is 0 Å². The third-order valence-electron chi connectivity index (χ3n) is 1.54. The van der Waals surface area contributed by atoms with Gasteiger partial charge < -0.3 is 0 Å². The van der Waals surface area contributed by atoms with Crippen LogP contribution in [0, 0.1) is 0 Å². The quantitative estimate of drug-likeness (QED) is 0.504. The van der Waals surface area contributed by atoms with Crippen molar-refractivity contribution in [1.29, 1.82) is 0 Å². The minimum atomic E-state index is 0.0867. The van der Waals surface area contributed by atoms with Crippen molar-refractivity contribution in [2.75, 3.05) is 12.5 Å². The first-order chi connectivity index (χ1) is 5.11. The Balaban J connectivity index is 3.10. The molecule has 0 aromatic carbocycles. The van der Waals surface area contributed by atoms with Gasteiger partial charge in [-0.05, 0) is 37.2 Å². The van der Waals surface area contributed by atoms with E-state index in [9.17, 15) is 4.79 Å². The minimum Gasteiger partial charge on any atom is -0.289 e. The summed E-state index contributed by atoms with van der Waals surface area (Å²) in [6.45, 7) is 2.01. The molecular formula is C9H12OS. The van der Waals surface area contributed by atoms with Crippen molar-refractivity contribution in [2.45, 2.75) is 6.92 Å².